The van der Waals surface area contributed by atoms with Gasteiger partial charge in [0, 0.05) is 17.7 Å². The molecule has 0 spiro atoms. The third kappa shape index (κ3) is 2.21. The van der Waals surface area contributed by atoms with E-state index in [1.807, 2.05) is 0 Å². The number of benzene rings is 4. The average Bonchev–Trinajstić information content (AvgIpc) is 2.67. The van der Waals surface area contributed by atoms with E-state index in [1.165, 1.54) is 49.1 Å². The Morgan fingerprint density at radius 1 is 0.654 bits per heavy atom. The second kappa shape index (κ2) is 5.67. The number of aryl methyl sites for hydroxylation is 2. The van der Waals surface area contributed by atoms with Gasteiger partial charge in [0.1, 0.15) is 7.05 Å². The lowest BCUT2D eigenvalue weighted by Crippen LogP contribution is -2.30. The summed E-state index contributed by atoms with van der Waals surface area (Å²) in [6.07, 6.45) is 2.11. The maximum Gasteiger partial charge on any atom is 0.212 e. The lowest BCUT2D eigenvalue weighted by Gasteiger charge is -2.12. The standard InChI is InChI=1S/C25H20N/c1-17-22(24-9-5-6-14-26(24)2)13-12-18-10-11-21-15-19-7-3-4-8-20(19)16-23(21)25(17)18/h3-16H,1-2H3/q+1. The zero-order valence-corrected chi connectivity index (χ0v) is 15.0. The van der Waals surface area contributed by atoms with Crippen molar-refractivity contribution in [1.82, 2.24) is 0 Å². The van der Waals surface area contributed by atoms with E-state index in [4.69, 9.17) is 0 Å². The van der Waals surface area contributed by atoms with Crippen molar-refractivity contribution in [3.05, 3.63) is 90.6 Å². The van der Waals surface area contributed by atoms with E-state index in [0.29, 0.717) is 0 Å². The van der Waals surface area contributed by atoms with Crippen molar-refractivity contribution in [2.45, 2.75) is 6.92 Å². The smallest absolute Gasteiger partial charge is 0.201 e. The molecular weight excluding hydrogens is 314 g/mol. The van der Waals surface area contributed by atoms with Gasteiger partial charge in [-0.15, -0.1) is 0 Å². The maximum absolute atomic E-state index is 2.34. The highest BCUT2D eigenvalue weighted by Gasteiger charge is 2.15. The van der Waals surface area contributed by atoms with E-state index in [9.17, 15) is 0 Å². The number of fused-ring (bicyclic) bond motifs is 4. The van der Waals surface area contributed by atoms with Crippen LogP contribution in [0.15, 0.2) is 85.1 Å². The molecule has 0 bridgehead atoms. The van der Waals surface area contributed by atoms with Gasteiger partial charge in [-0.2, -0.15) is 0 Å². The van der Waals surface area contributed by atoms with Crippen molar-refractivity contribution >= 4 is 32.3 Å². The molecule has 0 aliphatic carbocycles. The van der Waals surface area contributed by atoms with Crippen LogP contribution in [-0.2, 0) is 7.05 Å². The Morgan fingerprint density at radius 3 is 2.15 bits per heavy atom. The van der Waals surface area contributed by atoms with Gasteiger partial charge in [0.2, 0.25) is 5.69 Å². The first-order chi connectivity index (χ1) is 12.7. The fourth-order valence-corrected chi connectivity index (χ4v) is 4.10. The monoisotopic (exact) mass is 334 g/mol. The molecule has 0 fully saturated rings. The molecule has 0 aliphatic rings. The minimum Gasteiger partial charge on any atom is -0.201 e. The van der Waals surface area contributed by atoms with Crippen molar-refractivity contribution < 1.29 is 4.57 Å². The first-order valence-corrected chi connectivity index (χ1v) is 9.02. The summed E-state index contributed by atoms with van der Waals surface area (Å²) in [5, 5.41) is 7.88. The van der Waals surface area contributed by atoms with E-state index in [-0.39, 0.29) is 0 Å². The molecule has 0 atom stereocenters. The van der Waals surface area contributed by atoms with Gasteiger partial charge in [-0.3, -0.25) is 0 Å². The van der Waals surface area contributed by atoms with Crippen LogP contribution < -0.4 is 4.57 Å². The molecule has 5 rings (SSSR count). The van der Waals surface area contributed by atoms with E-state index < -0.39 is 0 Å². The summed E-state index contributed by atoms with van der Waals surface area (Å²) in [5.74, 6) is 0. The van der Waals surface area contributed by atoms with Crippen LogP contribution in [-0.4, -0.2) is 0 Å². The van der Waals surface area contributed by atoms with Gasteiger partial charge in [0.25, 0.3) is 0 Å². The highest BCUT2D eigenvalue weighted by Crippen LogP contribution is 2.35. The summed E-state index contributed by atoms with van der Waals surface area (Å²) in [4.78, 5) is 0. The summed E-state index contributed by atoms with van der Waals surface area (Å²) in [6.45, 7) is 2.25. The molecule has 1 heteroatoms. The Hall–Kier alpha value is -3.19. The molecule has 0 amide bonds. The molecule has 26 heavy (non-hydrogen) atoms. The lowest BCUT2D eigenvalue weighted by atomic mass is 9.92. The van der Waals surface area contributed by atoms with Gasteiger partial charge in [0.05, 0.1) is 0 Å². The Labute approximate surface area is 153 Å². The summed E-state index contributed by atoms with van der Waals surface area (Å²) in [6, 6.07) is 28.6. The quantitative estimate of drug-likeness (QED) is 0.203. The van der Waals surface area contributed by atoms with Crippen LogP contribution in [0.3, 0.4) is 0 Å². The van der Waals surface area contributed by atoms with Crippen molar-refractivity contribution in [3.8, 4) is 11.3 Å². The molecule has 5 aromatic rings. The third-order valence-electron chi connectivity index (χ3n) is 5.46. The molecule has 4 aromatic carbocycles. The predicted octanol–water partition coefficient (Wildman–Crippen LogP) is 5.95. The predicted molar refractivity (Wildman–Crippen MR) is 110 cm³/mol. The topological polar surface area (TPSA) is 3.88 Å². The fourth-order valence-electron chi connectivity index (χ4n) is 4.10. The first-order valence-electron chi connectivity index (χ1n) is 9.02. The SMILES string of the molecule is Cc1c(-c2cccc[n+]2C)ccc2ccc3cc4ccccc4cc3c12. The van der Waals surface area contributed by atoms with Crippen LogP contribution in [0, 0.1) is 6.92 Å². The van der Waals surface area contributed by atoms with Gasteiger partial charge in [-0.05, 0) is 69.1 Å². The number of rotatable bonds is 1. The molecule has 0 N–H and O–H groups in total. The third-order valence-corrected chi connectivity index (χ3v) is 5.46. The second-order valence-electron chi connectivity index (χ2n) is 7.02. The van der Waals surface area contributed by atoms with E-state index >= 15 is 0 Å². The van der Waals surface area contributed by atoms with Crippen LogP contribution in [0.4, 0.5) is 0 Å². The van der Waals surface area contributed by atoms with Crippen LogP contribution in [0.2, 0.25) is 0 Å². The number of hydrogen-bond donors (Lipinski definition) is 0. The van der Waals surface area contributed by atoms with Gasteiger partial charge in [0.15, 0.2) is 6.20 Å². The molecule has 0 aliphatic heterocycles. The van der Waals surface area contributed by atoms with Crippen LogP contribution in [0.1, 0.15) is 5.56 Å². The summed E-state index contributed by atoms with van der Waals surface area (Å²) in [5.41, 5.74) is 3.87. The molecule has 1 heterocycles. The van der Waals surface area contributed by atoms with E-state index in [2.05, 4.69) is 104 Å². The van der Waals surface area contributed by atoms with Crippen molar-refractivity contribution in [1.29, 1.82) is 0 Å². The number of hydrogen-bond acceptors (Lipinski definition) is 0. The highest BCUT2D eigenvalue weighted by molar-refractivity contribution is 6.14. The van der Waals surface area contributed by atoms with Crippen LogP contribution in [0.5, 0.6) is 0 Å². The molecule has 0 saturated carbocycles. The fraction of sp³-hybridized carbons (Fsp3) is 0.0800. The van der Waals surface area contributed by atoms with E-state index in [1.54, 1.807) is 0 Å². The minimum absolute atomic E-state index is 1.24. The van der Waals surface area contributed by atoms with Gasteiger partial charge in [-0.25, -0.2) is 4.57 Å². The summed E-state index contributed by atoms with van der Waals surface area (Å²) < 4.78 is 2.19. The summed E-state index contributed by atoms with van der Waals surface area (Å²) >= 11 is 0. The van der Waals surface area contributed by atoms with Crippen LogP contribution >= 0.6 is 0 Å². The highest BCUT2D eigenvalue weighted by atomic mass is 14.9. The average molecular weight is 334 g/mol. The molecule has 0 saturated heterocycles. The van der Waals surface area contributed by atoms with Crippen molar-refractivity contribution in [3.63, 3.8) is 0 Å². The first kappa shape index (κ1) is 15.1. The van der Waals surface area contributed by atoms with Crippen LogP contribution in [0.25, 0.3) is 43.6 Å². The second-order valence-corrected chi connectivity index (χ2v) is 7.02. The normalized spacial score (nSPS) is 11.5. The molecule has 1 nitrogen and oxygen atoms in total. The van der Waals surface area contributed by atoms with Crippen molar-refractivity contribution in [2.75, 3.05) is 0 Å². The Morgan fingerprint density at radius 2 is 1.35 bits per heavy atom. The van der Waals surface area contributed by atoms with Crippen molar-refractivity contribution in [2.24, 2.45) is 7.05 Å². The van der Waals surface area contributed by atoms with E-state index in [0.717, 1.165) is 0 Å². The molecule has 1 aromatic heterocycles. The number of pyridine rings is 1. The van der Waals surface area contributed by atoms with Gasteiger partial charge < -0.3 is 0 Å². The van der Waals surface area contributed by atoms with Gasteiger partial charge in [-0.1, -0.05) is 42.5 Å². The molecule has 0 radical (unpaired) electrons. The molecule has 0 unspecified atom stereocenters. The number of aromatic nitrogens is 1. The Kier molecular flexibility index (Phi) is 3.29. The lowest BCUT2D eigenvalue weighted by molar-refractivity contribution is -0.660. The zero-order valence-electron chi connectivity index (χ0n) is 15.0. The summed E-state index contributed by atoms with van der Waals surface area (Å²) in [7, 11) is 2.11. The Balaban J connectivity index is 1.92. The largest absolute Gasteiger partial charge is 0.212 e. The molecular formula is C25H20N+. The zero-order chi connectivity index (χ0) is 17.7. The minimum atomic E-state index is 1.24. The Bertz CT molecular complexity index is 1300. The number of nitrogens with zero attached hydrogens (tertiary/aromatic N) is 1. The maximum atomic E-state index is 2.34. The van der Waals surface area contributed by atoms with Gasteiger partial charge >= 0.3 is 0 Å². The molecule has 124 valence electrons.